The maximum Gasteiger partial charge on any atom is 0.343 e. The van der Waals surface area contributed by atoms with Gasteiger partial charge in [-0.1, -0.05) is 6.07 Å². The lowest BCUT2D eigenvalue weighted by Gasteiger charge is -2.23. The first-order valence-electron chi connectivity index (χ1n) is 7.76. The Morgan fingerprint density at radius 1 is 1.50 bits per heavy atom. The highest BCUT2D eigenvalue weighted by Gasteiger charge is 2.31. The first kappa shape index (κ1) is 16.9. The van der Waals surface area contributed by atoms with E-state index in [0.717, 1.165) is 12.8 Å². The second kappa shape index (κ2) is 7.31. The highest BCUT2D eigenvalue weighted by Crippen LogP contribution is 2.34. The Morgan fingerprint density at radius 3 is 3.04 bits per heavy atom. The molecule has 0 saturated carbocycles. The van der Waals surface area contributed by atoms with Crippen molar-refractivity contribution in [3.63, 3.8) is 0 Å². The quantitative estimate of drug-likeness (QED) is 0.825. The van der Waals surface area contributed by atoms with Crippen LogP contribution in [0.5, 0.6) is 0 Å². The summed E-state index contributed by atoms with van der Waals surface area (Å²) in [5.41, 5.74) is 1.02. The average molecular weight is 365 g/mol. The zero-order valence-electron chi connectivity index (χ0n) is 13.6. The summed E-state index contributed by atoms with van der Waals surface area (Å²) in [5.74, 6) is -0.656. The van der Waals surface area contributed by atoms with E-state index in [1.807, 2.05) is 22.4 Å². The number of nitrogens with zero attached hydrogens (tertiary/aromatic N) is 2. The Balaban J connectivity index is 1.63. The van der Waals surface area contributed by atoms with E-state index >= 15 is 0 Å². The fourth-order valence-electron chi connectivity index (χ4n) is 2.91. The van der Waals surface area contributed by atoms with Gasteiger partial charge < -0.3 is 15.0 Å². The normalized spacial score (nSPS) is 17.1. The molecule has 1 atom stereocenters. The number of carbonyl (C=O) groups is 2. The molecule has 3 heterocycles. The number of thiophene rings is 1. The van der Waals surface area contributed by atoms with E-state index in [9.17, 15) is 9.59 Å². The predicted molar refractivity (Wildman–Crippen MR) is 94.7 cm³/mol. The summed E-state index contributed by atoms with van der Waals surface area (Å²) in [5, 5.41) is 5.60. The molecule has 3 rings (SSSR count). The zero-order valence-corrected chi connectivity index (χ0v) is 15.2. The van der Waals surface area contributed by atoms with Crippen LogP contribution in [0, 0.1) is 6.92 Å². The number of aryl methyl sites for hydroxylation is 1. The molecule has 0 spiro atoms. The number of rotatable bonds is 5. The lowest BCUT2D eigenvalue weighted by atomic mass is 10.2. The van der Waals surface area contributed by atoms with Crippen molar-refractivity contribution in [2.24, 2.45) is 0 Å². The maximum atomic E-state index is 12.5. The van der Waals surface area contributed by atoms with Crippen molar-refractivity contribution in [1.29, 1.82) is 0 Å². The summed E-state index contributed by atoms with van der Waals surface area (Å²) in [6.07, 6.45) is 1.93. The molecule has 2 aromatic rings. The van der Waals surface area contributed by atoms with E-state index in [1.54, 1.807) is 25.3 Å². The molecular weight excluding hydrogens is 346 g/mol. The molecular formula is C16H19N3O3S2. The van der Waals surface area contributed by atoms with E-state index in [4.69, 9.17) is 4.74 Å². The van der Waals surface area contributed by atoms with E-state index < -0.39 is 5.97 Å². The van der Waals surface area contributed by atoms with Crippen molar-refractivity contribution < 1.29 is 14.3 Å². The van der Waals surface area contributed by atoms with Crippen LogP contribution < -0.4 is 5.32 Å². The molecule has 0 unspecified atom stereocenters. The van der Waals surface area contributed by atoms with E-state index in [0.29, 0.717) is 22.8 Å². The van der Waals surface area contributed by atoms with E-state index in [1.165, 1.54) is 16.4 Å². The highest BCUT2D eigenvalue weighted by atomic mass is 32.1. The molecule has 0 bridgehead atoms. The monoisotopic (exact) mass is 365 g/mol. The Bertz CT molecular complexity index is 727. The van der Waals surface area contributed by atoms with Gasteiger partial charge in [-0.2, -0.15) is 4.37 Å². The van der Waals surface area contributed by atoms with Crippen LogP contribution in [-0.2, 0) is 9.53 Å². The third-order valence-electron chi connectivity index (χ3n) is 4.07. The zero-order chi connectivity index (χ0) is 17.1. The Kier molecular flexibility index (Phi) is 5.15. The number of ether oxygens (including phenoxy) is 1. The Morgan fingerprint density at radius 2 is 2.33 bits per heavy atom. The topological polar surface area (TPSA) is 71.5 Å². The lowest BCUT2D eigenvalue weighted by molar-refractivity contribution is -0.135. The summed E-state index contributed by atoms with van der Waals surface area (Å²) in [7, 11) is 1.73. The third kappa shape index (κ3) is 3.29. The molecule has 0 aliphatic carbocycles. The number of aromatic nitrogens is 1. The molecule has 24 heavy (non-hydrogen) atoms. The van der Waals surface area contributed by atoms with Crippen LogP contribution >= 0.6 is 22.9 Å². The molecule has 1 amide bonds. The average Bonchev–Trinajstić information content (AvgIpc) is 3.30. The van der Waals surface area contributed by atoms with Crippen LogP contribution in [0.15, 0.2) is 17.5 Å². The van der Waals surface area contributed by atoms with Crippen LogP contribution in [-0.4, -0.2) is 41.3 Å². The Labute approximate surface area is 148 Å². The fraction of sp³-hybridized carbons (Fsp3) is 0.438. The summed E-state index contributed by atoms with van der Waals surface area (Å²) in [6.45, 7) is 2.22. The van der Waals surface area contributed by atoms with Gasteiger partial charge in [-0.05, 0) is 42.7 Å². The van der Waals surface area contributed by atoms with Gasteiger partial charge in [-0.25, -0.2) is 4.79 Å². The van der Waals surface area contributed by atoms with Crippen molar-refractivity contribution >= 4 is 39.7 Å². The minimum Gasteiger partial charge on any atom is -0.452 e. The van der Waals surface area contributed by atoms with Crippen molar-refractivity contribution in [2.45, 2.75) is 25.8 Å². The van der Waals surface area contributed by atoms with Gasteiger partial charge in [-0.15, -0.1) is 11.3 Å². The van der Waals surface area contributed by atoms with Crippen LogP contribution in [0.4, 0.5) is 5.00 Å². The molecule has 1 fully saturated rings. The SMILES string of the molecule is CNc1snc(C)c1C(=O)OCC(=O)N1CCC[C@@H]1c1cccs1. The fourth-order valence-corrected chi connectivity index (χ4v) is 4.51. The van der Waals surface area contributed by atoms with Crippen LogP contribution in [0.3, 0.4) is 0 Å². The number of hydrogen-bond acceptors (Lipinski definition) is 7. The molecule has 1 saturated heterocycles. The third-order valence-corrected chi connectivity index (χ3v) is 5.99. The van der Waals surface area contributed by atoms with Gasteiger partial charge in [0.2, 0.25) is 0 Å². The van der Waals surface area contributed by atoms with Gasteiger partial charge in [0.15, 0.2) is 6.61 Å². The van der Waals surface area contributed by atoms with Crippen LogP contribution in [0.2, 0.25) is 0 Å². The molecule has 2 aromatic heterocycles. The van der Waals surface area contributed by atoms with Crippen molar-refractivity contribution in [1.82, 2.24) is 9.27 Å². The molecule has 1 aliphatic heterocycles. The number of carbonyl (C=O) groups excluding carboxylic acids is 2. The number of likely N-dealkylation sites (tertiary alicyclic amines) is 1. The van der Waals surface area contributed by atoms with Gasteiger partial charge in [0, 0.05) is 18.5 Å². The largest absolute Gasteiger partial charge is 0.452 e. The minimum absolute atomic E-state index is 0.105. The van der Waals surface area contributed by atoms with Crippen LogP contribution in [0.1, 0.15) is 39.8 Å². The molecule has 0 radical (unpaired) electrons. The number of nitrogens with one attached hydrogen (secondary N) is 1. The molecule has 1 aliphatic rings. The second-order valence-electron chi connectivity index (χ2n) is 5.56. The summed E-state index contributed by atoms with van der Waals surface area (Å²) in [6, 6.07) is 4.15. The van der Waals surface area contributed by atoms with Crippen LogP contribution in [0.25, 0.3) is 0 Å². The van der Waals surface area contributed by atoms with E-state index in [-0.39, 0.29) is 18.6 Å². The number of esters is 1. The summed E-state index contributed by atoms with van der Waals surface area (Å²) in [4.78, 5) is 27.8. The first-order chi connectivity index (χ1) is 11.6. The van der Waals surface area contributed by atoms with Crippen molar-refractivity contribution in [2.75, 3.05) is 25.5 Å². The minimum atomic E-state index is -0.508. The van der Waals surface area contributed by atoms with Gasteiger partial charge in [0.1, 0.15) is 10.6 Å². The maximum absolute atomic E-state index is 12.5. The van der Waals surface area contributed by atoms with Crippen molar-refractivity contribution in [3.05, 3.63) is 33.6 Å². The molecule has 6 nitrogen and oxygen atoms in total. The smallest absolute Gasteiger partial charge is 0.343 e. The first-order valence-corrected chi connectivity index (χ1v) is 9.41. The van der Waals surface area contributed by atoms with Gasteiger partial charge in [0.05, 0.1) is 11.7 Å². The second-order valence-corrected chi connectivity index (χ2v) is 7.31. The highest BCUT2D eigenvalue weighted by molar-refractivity contribution is 7.10. The van der Waals surface area contributed by atoms with Gasteiger partial charge in [0.25, 0.3) is 5.91 Å². The summed E-state index contributed by atoms with van der Waals surface area (Å²) >= 11 is 2.86. The Hall–Kier alpha value is -1.93. The summed E-state index contributed by atoms with van der Waals surface area (Å²) < 4.78 is 9.39. The van der Waals surface area contributed by atoms with Gasteiger partial charge in [-0.3, -0.25) is 4.79 Å². The molecule has 128 valence electrons. The standard InChI is InChI=1S/C16H19N3O3S2/c1-10-14(15(17-2)24-18-10)16(21)22-9-13(20)19-7-3-5-11(19)12-6-4-8-23-12/h4,6,8,11,17H,3,5,7,9H2,1-2H3/t11-/m1/s1. The van der Waals surface area contributed by atoms with Gasteiger partial charge >= 0.3 is 5.97 Å². The molecule has 8 heteroatoms. The number of amides is 1. The molecule has 1 N–H and O–H groups in total. The lowest BCUT2D eigenvalue weighted by Crippen LogP contribution is -2.34. The number of anilines is 1. The predicted octanol–water partition coefficient (Wildman–Crippen LogP) is 3.08. The van der Waals surface area contributed by atoms with Crippen molar-refractivity contribution in [3.8, 4) is 0 Å². The van der Waals surface area contributed by atoms with E-state index in [2.05, 4.69) is 9.69 Å². The molecule has 0 aromatic carbocycles. The number of hydrogen-bond donors (Lipinski definition) is 1.